The first kappa shape index (κ1) is 21.8. The van der Waals surface area contributed by atoms with Crippen molar-refractivity contribution < 1.29 is 27.1 Å². The van der Waals surface area contributed by atoms with Gasteiger partial charge in [0.1, 0.15) is 22.2 Å². The SMILES string of the molecule is COc1ccc(Br)cc1S(=O)(=O)Nc1ccc(Oc2ccnc3c2CNC(=O)N3)c(F)c1. The summed E-state index contributed by atoms with van der Waals surface area (Å²) in [5.41, 5.74) is 0.556. The van der Waals surface area contributed by atoms with Crippen LogP contribution in [0.4, 0.5) is 20.7 Å². The summed E-state index contributed by atoms with van der Waals surface area (Å²) >= 11 is 3.23. The van der Waals surface area contributed by atoms with Crippen molar-refractivity contribution in [3.63, 3.8) is 0 Å². The number of benzene rings is 2. The molecule has 3 N–H and O–H groups in total. The van der Waals surface area contributed by atoms with Gasteiger partial charge >= 0.3 is 6.03 Å². The standard InChI is InChI=1S/C20H16BrFN4O5S/c1-30-17-4-2-11(21)8-18(17)32(28,29)26-12-3-5-16(14(22)9-12)31-15-6-7-23-19-13(15)10-24-20(27)25-19/h2-9,26H,10H2,1H3,(H2,23,24,25,27). The number of rotatable bonds is 6. The average molecular weight is 523 g/mol. The van der Waals surface area contributed by atoms with E-state index in [1.54, 1.807) is 6.07 Å². The molecule has 1 aromatic heterocycles. The number of sulfonamides is 1. The Morgan fingerprint density at radius 1 is 1.12 bits per heavy atom. The van der Waals surface area contributed by atoms with Gasteiger partial charge < -0.3 is 14.8 Å². The van der Waals surface area contributed by atoms with Crippen molar-refractivity contribution in [1.29, 1.82) is 0 Å². The number of hydrogen-bond donors (Lipinski definition) is 3. The first-order valence-corrected chi connectivity index (χ1v) is 11.4. The Morgan fingerprint density at radius 3 is 2.66 bits per heavy atom. The number of carbonyl (C=O) groups excluding carboxylic acids is 1. The van der Waals surface area contributed by atoms with Crippen LogP contribution in [-0.4, -0.2) is 26.5 Å². The Hall–Kier alpha value is -3.38. The normalized spacial score (nSPS) is 12.9. The van der Waals surface area contributed by atoms with Gasteiger partial charge in [-0.05, 0) is 36.4 Å². The number of halogens is 2. The summed E-state index contributed by atoms with van der Waals surface area (Å²) in [6.07, 6.45) is 1.42. The topological polar surface area (TPSA) is 119 Å². The fourth-order valence-electron chi connectivity index (χ4n) is 3.01. The highest BCUT2D eigenvalue weighted by Gasteiger charge is 2.22. The highest BCUT2D eigenvalue weighted by atomic mass is 79.9. The van der Waals surface area contributed by atoms with E-state index in [9.17, 15) is 17.6 Å². The van der Waals surface area contributed by atoms with Gasteiger partial charge in [-0.3, -0.25) is 10.0 Å². The Bertz CT molecular complexity index is 1320. The van der Waals surface area contributed by atoms with Crippen molar-refractivity contribution in [3.8, 4) is 17.2 Å². The lowest BCUT2D eigenvalue weighted by molar-refractivity contribution is 0.250. The average Bonchev–Trinajstić information content (AvgIpc) is 2.75. The molecule has 0 saturated heterocycles. The van der Waals surface area contributed by atoms with Crippen LogP contribution in [0.25, 0.3) is 0 Å². The molecule has 2 heterocycles. The Morgan fingerprint density at radius 2 is 1.91 bits per heavy atom. The molecule has 0 aliphatic carbocycles. The van der Waals surface area contributed by atoms with Crippen LogP contribution in [-0.2, 0) is 16.6 Å². The van der Waals surface area contributed by atoms with Crippen molar-refractivity contribution in [2.24, 2.45) is 0 Å². The van der Waals surface area contributed by atoms with Crippen LogP contribution < -0.4 is 24.8 Å². The summed E-state index contributed by atoms with van der Waals surface area (Å²) in [6, 6.07) is 9.34. The third-order valence-corrected chi connectivity index (χ3v) is 6.39. The number of pyridine rings is 1. The van der Waals surface area contributed by atoms with Gasteiger partial charge in [-0.1, -0.05) is 15.9 Å². The van der Waals surface area contributed by atoms with E-state index in [2.05, 4.69) is 36.3 Å². The number of hydrogen-bond acceptors (Lipinski definition) is 6. The van der Waals surface area contributed by atoms with Crippen molar-refractivity contribution >= 4 is 43.5 Å². The quantitative estimate of drug-likeness (QED) is 0.446. The van der Waals surface area contributed by atoms with E-state index in [0.717, 1.165) is 6.07 Å². The molecule has 0 radical (unpaired) electrons. The molecule has 3 aromatic rings. The van der Waals surface area contributed by atoms with Crippen molar-refractivity contribution in [3.05, 3.63) is 64.5 Å². The van der Waals surface area contributed by atoms with Crippen LogP contribution in [0.15, 0.2) is 58.0 Å². The van der Waals surface area contributed by atoms with Gasteiger partial charge in [0.25, 0.3) is 10.0 Å². The van der Waals surface area contributed by atoms with E-state index in [1.165, 1.54) is 43.6 Å². The smallest absolute Gasteiger partial charge is 0.320 e. The lowest BCUT2D eigenvalue weighted by Gasteiger charge is -2.20. The number of aromatic nitrogens is 1. The molecule has 0 spiro atoms. The Balaban J connectivity index is 1.58. The summed E-state index contributed by atoms with van der Waals surface area (Å²) < 4.78 is 54.0. The molecule has 0 bridgehead atoms. The maximum absolute atomic E-state index is 14.7. The van der Waals surface area contributed by atoms with E-state index < -0.39 is 21.9 Å². The molecule has 32 heavy (non-hydrogen) atoms. The molecule has 1 aliphatic rings. The van der Waals surface area contributed by atoms with Gasteiger partial charge in [0, 0.05) is 16.7 Å². The summed E-state index contributed by atoms with van der Waals surface area (Å²) in [4.78, 5) is 15.4. The Kier molecular flexibility index (Phi) is 5.89. The molecule has 0 unspecified atom stereocenters. The van der Waals surface area contributed by atoms with Crippen molar-refractivity contribution in [2.45, 2.75) is 11.4 Å². The maximum Gasteiger partial charge on any atom is 0.320 e. The van der Waals surface area contributed by atoms with Gasteiger partial charge in [-0.2, -0.15) is 0 Å². The fourth-order valence-corrected chi connectivity index (χ4v) is 4.76. The number of fused-ring (bicyclic) bond motifs is 1. The molecule has 0 fully saturated rings. The zero-order valence-corrected chi connectivity index (χ0v) is 18.9. The van der Waals surface area contributed by atoms with Crippen LogP contribution in [0.3, 0.4) is 0 Å². The first-order chi connectivity index (χ1) is 15.3. The molecule has 1 aliphatic heterocycles. The lowest BCUT2D eigenvalue weighted by Crippen LogP contribution is -2.34. The second-order valence-corrected chi connectivity index (χ2v) is 9.16. The minimum Gasteiger partial charge on any atom is -0.495 e. The zero-order valence-electron chi connectivity index (χ0n) is 16.5. The highest BCUT2D eigenvalue weighted by Crippen LogP contribution is 2.34. The lowest BCUT2D eigenvalue weighted by atomic mass is 10.2. The third kappa shape index (κ3) is 4.46. The molecule has 2 amide bonds. The van der Waals surface area contributed by atoms with Crippen LogP contribution in [0, 0.1) is 5.82 Å². The van der Waals surface area contributed by atoms with E-state index in [-0.39, 0.29) is 28.6 Å². The van der Waals surface area contributed by atoms with Crippen molar-refractivity contribution in [1.82, 2.24) is 10.3 Å². The minimum atomic E-state index is -4.05. The fraction of sp³-hybridized carbons (Fsp3) is 0.100. The predicted octanol–water partition coefficient (Wildman–Crippen LogP) is 4.22. The molecule has 12 heteroatoms. The summed E-state index contributed by atoms with van der Waals surface area (Å²) in [7, 11) is -2.70. The number of ether oxygens (including phenoxy) is 2. The Labute approximate surface area is 191 Å². The zero-order chi connectivity index (χ0) is 22.9. The van der Waals surface area contributed by atoms with E-state index >= 15 is 0 Å². The number of nitrogens with zero attached hydrogens (tertiary/aromatic N) is 1. The first-order valence-electron chi connectivity index (χ1n) is 9.13. The molecular formula is C20H16BrFN4O5S. The second kappa shape index (κ2) is 8.63. The monoisotopic (exact) mass is 522 g/mol. The summed E-state index contributed by atoms with van der Waals surface area (Å²) in [5, 5.41) is 5.13. The van der Waals surface area contributed by atoms with Gasteiger partial charge in [-0.25, -0.2) is 22.6 Å². The predicted molar refractivity (Wildman–Crippen MR) is 118 cm³/mol. The number of anilines is 2. The maximum atomic E-state index is 14.7. The number of amides is 2. The molecule has 0 saturated carbocycles. The number of nitrogens with one attached hydrogen (secondary N) is 3. The van der Waals surface area contributed by atoms with Gasteiger partial charge in [0.15, 0.2) is 11.6 Å². The van der Waals surface area contributed by atoms with Gasteiger partial charge in [0.2, 0.25) is 0 Å². The molecule has 9 nitrogen and oxygen atoms in total. The largest absolute Gasteiger partial charge is 0.495 e. The summed E-state index contributed by atoms with van der Waals surface area (Å²) in [5.74, 6) is -0.153. The number of carbonyl (C=O) groups is 1. The van der Waals surface area contributed by atoms with Crippen LogP contribution in [0.5, 0.6) is 17.2 Å². The van der Waals surface area contributed by atoms with Crippen LogP contribution >= 0.6 is 15.9 Å². The molecule has 166 valence electrons. The molecule has 4 rings (SSSR count). The second-order valence-electron chi connectivity index (χ2n) is 6.59. The van der Waals surface area contributed by atoms with Gasteiger partial charge in [0.05, 0.1) is 24.9 Å². The van der Waals surface area contributed by atoms with Gasteiger partial charge in [-0.15, -0.1) is 0 Å². The van der Waals surface area contributed by atoms with E-state index in [0.29, 0.717) is 21.6 Å². The van der Waals surface area contributed by atoms with Crippen molar-refractivity contribution in [2.75, 3.05) is 17.1 Å². The molecular weight excluding hydrogens is 507 g/mol. The van der Waals surface area contributed by atoms with E-state index in [1.807, 2.05) is 0 Å². The minimum absolute atomic E-state index is 0.00238. The molecule has 0 atom stereocenters. The number of urea groups is 1. The van der Waals surface area contributed by atoms with Crippen LogP contribution in [0.2, 0.25) is 0 Å². The third-order valence-electron chi connectivity index (χ3n) is 4.49. The summed E-state index contributed by atoms with van der Waals surface area (Å²) in [6.45, 7) is 0.165. The van der Waals surface area contributed by atoms with E-state index in [4.69, 9.17) is 9.47 Å². The molecule has 2 aromatic carbocycles. The highest BCUT2D eigenvalue weighted by molar-refractivity contribution is 9.10. The van der Waals surface area contributed by atoms with Crippen LogP contribution in [0.1, 0.15) is 5.56 Å². The number of methoxy groups -OCH3 is 1.